The summed E-state index contributed by atoms with van der Waals surface area (Å²) in [5, 5.41) is 12.8. The van der Waals surface area contributed by atoms with E-state index in [0.29, 0.717) is 12.0 Å². The van der Waals surface area contributed by atoms with Gasteiger partial charge in [-0.15, -0.1) is 0 Å². The molecule has 0 unspecified atom stereocenters. The molecule has 1 aromatic heterocycles. The minimum Gasteiger partial charge on any atom is -0.467 e. The Morgan fingerprint density at radius 1 is 1.48 bits per heavy atom. The zero-order valence-corrected chi connectivity index (χ0v) is 11.3. The van der Waals surface area contributed by atoms with Crippen LogP contribution >= 0.6 is 0 Å². The maximum atomic E-state index is 12.2. The molecule has 1 aromatic carbocycles. The number of methoxy groups -OCH3 is 1. The van der Waals surface area contributed by atoms with Crippen molar-refractivity contribution in [2.75, 3.05) is 7.11 Å². The highest BCUT2D eigenvalue weighted by atomic mass is 16.5. The van der Waals surface area contributed by atoms with Crippen molar-refractivity contribution in [1.29, 1.82) is 0 Å². The number of hydroxylamine groups is 1. The summed E-state index contributed by atoms with van der Waals surface area (Å²) in [6.07, 6.45) is 2.13. The van der Waals surface area contributed by atoms with Crippen LogP contribution in [0, 0.1) is 0 Å². The normalized spacial score (nSPS) is 21.5. The molecule has 2 heterocycles. The van der Waals surface area contributed by atoms with Crippen LogP contribution in [-0.4, -0.2) is 35.2 Å². The fourth-order valence-electron chi connectivity index (χ4n) is 2.77. The summed E-state index contributed by atoms with van der Waals surface area (Å²) in [6, 6.07) is 3.71. The van der Waals surface area contributed by atoms with Gasteiger partial charge >= 0.3 is 5.97 Å². The van der Waals surface area contributed by atoms with Gasteiger partial charge < -0.3 is 20.2 Å². The van der Waals surface area contributed by atoms with Gasteiger partial charge in [0.2, 0.25) is 5.91 Å². The molecule has 0 spiro atoms. The number of hydrogen-bond acceptors (Lipinski definition) is 5. The minimum absolute atomic E-state index is 0.327. The van der Waals surface area contributed by atoms with Gasteiger partial charge in [-0.1, -0.05) is 12.1 Å². The first-order valence-corrected chi connectivity index (χ1v) is 6.52. The monoisotopic (exact) mass is 289 g/mol. The number of carbonyl (C=O) groups excluding carboxylic acids is 2. The van der Waals surface area contributed by atoms with Gasteiger partial charge in [-0.25, -0.2) is 4.79 Å². The van der Waals surface area contributed by atoms with Crippen molar-refractivity contribution in [3.05, 3.63) is 35.5 Å². The third-order valence-corrected chi connectivity index (χ3v) is 3.75. The van der Waals surface area contributed by atoms with Crippen LogP contribution in [0.1, 0.15) is 17.2 Å². The zero-order chi connectivity index (χ0) is 15.0. The quantitative estimate of drug-likeness (QED) is 0.473. The average molecular weight is 289 g/mol. The van der Waals surface area contributed by atoms with Crippen molar-refractivity contribution in [3.8, 4) is 0 Å². The second-order valence-corrected chi connectivity index (χ2v) is 4.93. The van der Waals surface area contributed by atoms with E-state index in [-0.39, 0.29) is 0 Å². The number of aromatic amines is 1. The number of ether oxygens (including phenoxy) is 1. The predicted octanol–water partition coefficient (Wildman–Crippen LogP) is 0.402. The molecule has 1 amide bonds. The number of amides is 1. The number of H-pyrrole nitrogens is 1. The van der Waals surface area contributed by atoms with Gasteiger partial charge in [-0.2, -0.15) is 5.48 Å². The lowest BCUT2D eigenvalue weighted by Crippen LogP contribution is -2.48. The van der Waals surface area contributed by atoms with Crippen molar-refractivity contribution in [2.24, 2.45) is 0 Å². The summed E-state index contributed by atoms with van der Waals surface area (Å²) in [5.74, 6) is -0.999. The van der Waals surface area contributed by atoms with Crippen LogP contribution in [0.5, 0.6) is 0 Å². The average Bonchev–Trinajstić information content (AvgIpc) is 2.89. The smallest absolute Gasteiger partial charge is 0.328 e. The molecule has 2 atom stereocenters. The fourth-order valence-corrected chi connectivity index (χ4v) is 2.77. The standard InChI is InChI=1S/C14H15N3O4/c1-21-14(19)10-5-7-6-15-9-4-2-3-8(11(7)9)12(17-20)13(18)16-10/h2-4,6,10,12,15,17,20H,5H2,1H3,(H,16,18)/t10-,12+/m0/s1. The van der Waals surface area contributed by atoms with E-state index in [1.165, 1.54) is 7.11 Å². The number of rotatable bonds is 2. The Morgan fingerprint density at radius 3 is 3.00 bits per heavy atom. The molecule has 21 heavy (non-hydrogen) atoms. The summed E-state index contributed by atoms with van der Waals surface area (Å²) in [4.78, 5) is 27.2. The van der Waals surface area contributed by atoms with E-state index in [9.17, 15) is 14.8 Å². The third-order valence-electron chi connectivity index (χ3n) is 3.75. The molecule has 110 valence electrons. The molecule has 0 saturated carbocycles. The highest BCUT2D eigenvalue weighted by Gasteiger charge is 2.32. The first kappa shape index (κ1) is 13.6. The van der Waals surface area contributed by atoms with E-state index in [0.717, 1.165) is 16.5 Å². The van der Waals surface area contributed by atoms with Crippen LogP contribution in [0.15, 0.2) is 24.4 Å². The Labute approximate surface area is 120 Å². The molecule has 7 heteroatoms. The molecule has 0 bridgehead atoms. The van der Waals surface area contributed by atoms with Crippen molar-refractivity contribution in [2.45, 2.75) is 18.5 Å². The maximum absolute atomic E-state index is 12.2. The van der Waals surface area contributed by atoms with Crippen LogP contribution < -0.4 is 10.8 Å². The van der Waals surface area contributed by atoms with Crippen molar-refractivity contribution in [3.63, 3.8) is 0 Å². The number of carbonyl (C=O) groups is 2. The van der Waals surface area contributed by atoms with E-state index in [4.69, 9.17) is 4.74 Å². The fraction of sp³-hybridized carbons (Fsp3) is 0.286. The molecule has 0 radical (unpaired) electrons. The molecule has 2 aromatic rings. The van der Waals surface area contributed by atoms with Gasteiger partial charge in [0.15, 0.2) is 0 Å². The molecule has 0 aliphatic carbocycles. The van der Waals surface area contributed by atoms with Crippen LogP contribution in [-0.2, 0) is 20.7 Å². The van der Waals surface area contributed by atoms with E-state index in [1.54, 1.807) is 18.3 Å². The molecule has 1 aliphatic rings. The second-order valence-electron chi connectivity index (χ2n) is 4.93. The first-order chi connectivity index (χ1) is 10.2. The molecule has 3 rings (SSSR count). The predicted molar refractivity (Wildman–Crippen MR) is 73.6 cm³/mol. The topological polar surface area (TPSA) is 103 Å². The number of benzene rings is 1. The number of nitrogens with one attached hydrogen (secondary N) is 3. The summed E-state index contributed by atoms with van der Waals surface area (Å²) in [7, 11) is 1.27. The lowest BCUT2D eigenvalue weighted by Gasteiger charge is -2.24. The SMILES string of the molecule is COC(=O)[C@@H]1Cc2c[nH]c3cccc(c23)[C@@H](NO)C(=O)N1. The van der Waals surface area contributed by atoms with E-state index < -0.39 is 24.0 Å². The highest BCUT2D eigenvalue weighted by Crippen LogP contribution is 2.30. The number of esters is 1. The van der Waals surface area contributed by atoms with Gasteiger partial charge in [0.1, 0.15) is 12.1 Å². The summed E-state index contributed by atoms with van der Waals surface area (Å²) in [5.41, 5.74) is 4.40. The van der Waals surface area contributed by atoms with Gasteiger partial charge in [0.05, 0.1) is 7.11 Å². The number of hydrogen-bond donors (Lipinski definition) is 4. The number of aromatic nitrogens is 1. The third kappa shape index (κ3) is 2.16. The molecule has 4 N–H and O–H groups in total. The molecular weight excluding hydrogens is 274 g/mol. The Bertz CT molecular complexity index is 709. The lowest BCUT2D eigenvalue weighted by molar-refractivity contribution is -0.145. The molecule has 0 saturated heterocycles. The minimum atomic E-state index is -0.948. The first-order valence-electron chi connectivity index (χ1n) is 6.52. The molecule has 7 nitrogen and oxygen atoms in total. The summed E-state index contributed by atoms with van der Waals surface area (Å²) >= 11 is 0. The highest BCUT2D eigenvalue weighted by molar-refractivity contribution is 5.96. The second kappa shape index (κ2) is 5.19. The Morgan fingerprint density at radius 2 is 2.29 bits per heavy atom. The molecular formula is C14H15N3O4. The van der Waals surface area contributed by atoms with Crippen LogP contribution in [0.3, 0.4) is 0 Å². The van der Waals surface area contributed by atoms with Crippen LogP contribution in [0.25, 0.3) is 10.9 Å². The van der Waals surface area contributed by atoms with Crippen molar-refractivity contribution >= 4 is 22.8 Å². The molecule has 1 aliphatic heterocycles. The zero-order valence-electron chi connectivity index (χ0n) is 11.3. The summed E-state index contributed by atoms with van der Waals surface area (Å²) < 4.78 is 4.72. The van der Waals surface area contributed by atoms with Gasteiger partial charge in [0.25, 0.3) is 0 Å². The maximum Gasteiger partial charge on any atom is 0.328 e. The van der Waals surface area contributed by atoms with E-state index in [1.807, 2.05) is 11.5 Å². The van der Waals surface area contributed by atoms with Gasteiger partial charge in [0, 0.05) is 23.5 Å². The largest absolute Gasteiger partial charge is 0.467 e. The van der Waals surface area contributed by atoms with Gasteiger partial charge in [-0.05, 0) is 17.2 Å². The Kier molecular flexibility index (Phi) is 3.36. The summed E-state index contributed by atoms with van der Waals surface area (Å²) in [6.45, 7) is 0. The lowest BCUT2D eigenvalue weighted by atomic mass is 9.94. The van der Waals surface area contributed by atoms with Crippen molar-refractivity contribution in [1.82, 2.24) is 15.8 Å². The van der Waals surface area contributed by atoms with Crippen LogP contribution in [0.2, 0.25) is 0 Å². The van der Waals surface area contributed by atoms with E-state index >= 15 is 0 Å². The Balaban J connectivity index is 2.18. The molecule has 0 fully saturated rings. The van der Waals surface area contributed by atoms with Crippen LogP contribution in [0.4, 0.5) is 0 Å². The van der Waals surface area contributed by atoms with Gasteiger partial charge in [-0.3, -0.25) is 4.79 Å². The Hall–Kier alpha value is -2.38. The van der Waals surface area contributed by atoms with E-state index in [2.05, 4.69) is 10.3 Å². The van der Waals surface area contributed by atoms with Crippen molar-refractivity contribution < 1.29 is 19.5 Å².